The zero-order valence-electron chi connectivity index (χ0n) is 9.92. The molecule has 0 bridgehead atoms. The third kappa shape index (κ3) is 3.01. The van der Waals surface area contributed by atoms with Gasteiger partial charge in [-0.1, -0.05) is 17.7 Å². The van der Waals surface area contributed by atoms with Gasteiger partial charge in [-0.25, -0.2) is 13.5 Å². The number of nitrogens with zero attached hydrogens (tertiary/aromatic N) is 2. The minimum atomic E-state index is -0.974. The Morgan fingerprint density at radius 2 is 2.21 bits per heavy atom. The summed E-state index contributed by atoms with van der Waals surface area (Å²) in [7, 11) is 0. The molecule has 7 heteroatoms. The zero-order valence-corrected chi connectivity index (χ0v) is 12.3. The van der Waals surface area contributed by atoms with Gasteiger partial charge in [0.15, 0.2) is 0 Å². The van der Waals surface area contributed by atoms with E-state index in [1.165, 1.54) is 8.83 Å². The Morgan fingerprint density at radius 1 is 1.47 bits per heavy atom. The topological polar surface area (TPSA) is 60.9 Å². The minimum Gasteiger partial charge on any atom is -0.480 e. The molecule has 0 aliphatic carbocycles. The van der Waals surface area contributed by atoms with Crippen molar-refractivity contribution in [2.45, 2.75) is 18.9 Å². The van der Waals surface area contributed by atoms with Crippen molar-refractivity contribution in [2.24, 2.45) is 0 Å². The molecular weight excluding hydrogens is 336 g/mol. The third-order valence-corrected chi connectivity index (χ3v) is 3.93. The molecule has 0 radical (unpaired) electrons. The average molecular weight is 348 g/mol. The molecule has 1 fully saturated rings. The number of carbonyl (C=O) groups is 2. The number of amides is 2. The van der Waals surface area contributed by atoms with Crippen LogP contribution in [0.2, 0.25) is 5.02 Å². The highest BCUT2D eigenvalue weighted by molar-refractivity contribution is 9.10. The van der Waals surface area contributed by atoms with Gasteiger partial charge in [-0.3, -0.25) is 0 Å². The number of likely N-dealkylation sites (tertiary alicyclic amines) is 1. The predicted octanol–water partition coefficient (Wildman–Crippen LogP) is 3.13. The maximum atomic E-state index is 12.3. The van der Waals surface area contributed by atoms with Crippen molar-refractivity contribution >= 4 is 45.4 Å². The van der Waals surface area contributed by atoms with Gasteiger partial charge in [0, 0.05) is 11.6 Å². The molecule has 0 saturated carbocycles. The van der Waals surface area contributed by atoms with E-state index in [9.17, 15) is 9.59 Å². The molecule has 102 valence electrons. The number of carbonyl (C=O) groups excluding carboxylic acids is 1. The van der Waals surface area contributed by atoms with Gasteiger partial charge >= 0.3 is 12.0 Å². The van der Waals surface area contributed by atoms with Crippen LogP contribution < -0.4 is 3.93 Å². The van der Waals surface area contributed by atoms with Gasteiger partial charge < -0.3 is 10.0 Å². The van der Waals surface area contributed by atoms with Crippen molar-refractivity contribution < 1.29 is 14.7 Å². The highest BCUT2D eigenvalue weighted by Crippen LogP contribution is 2.26. The van der Waals surface area contributed by atoms with E-state index in [0.717, 1.165) is 0 Å². The summed E-state index contributed by atoms with van der Waals surface area (Å²) in [4.78, 5) is 24.7. The molecule has 1 aliphatic rings. The van der Waals surface area contributed by atoms with Gasteiger partial charge in [0.1, 0.15) is 6.04 Å². The second kappa shape index (κ2) is 5.79. The first kappa shape index (κ1) is 14.1. The number of halogens is 2. The first-order chi connectivity index (χ1) is 9.00. The van der Waals surface area contributed by atoms with Crippen LogP contribution in [0, 0.1) is 0 Å². The van der Waals surface area contributed by atoms with Crippen LogP contribution in [0.4, 0.5) is 10.5 Å². The Morgan fingerprint density at radius 3 is 2.84 bits per heavy atom. The monoisotopic (exact) mass is 346 g/mol. The second-order valence-corrected chi connectivity index (χ2v) is 5.38. The molecule has 19 heavy (non-hydrogen) atoms. The fourth-order valence-corrected chi connectivity index (χ4v) is 2.68. The van der Waals surface area contributed by atoms with Crippen molar-refractivity contribution in [1.82, 2.24) is 4.90 Å². The van der Waals surface area contributed by atoms with E-state index in [1.807, 2.05) is 0 Å². The summed E-state index contributed by atoms with van der Waals surface area (Å²) in [5.74, 6) is -0.974. The molecule has 1 heterocycles. The average Bonchev–Trinajstić information content (AvgIpc) is 2.86. The van der Waals surface area contributed by atoms with E-state index in [4.69, 9.17) is 16.7 Å². The van der Waals surface area contributed by atoms with Crippen molar-refractivity contribution in [1.29, 1.82) is 0 Å². The summed E-state index contributed by atoms with van der Waals surface area (Å²) >= 11 is 9.03. The van der Waals surface area contributed by atoms with Gasteiger partial charge in [-0.2, -0.15) is 0 Å². The molecule has 1 aliphatic heterocycles. The number of carboxylic acids is 1. The first-order valence-corrected chi connectivity index (χ1v) is 6.84. The fraction of sp³-hybridized carbons (Fsp3) is 0.333. The highest BCUT2D eigenvalue weighted by atomic mass is 79.9. The van der Waals surface area contributed by atoms with E-state index < -0.39 is 18.0 Å². The van der Waals surface area contributed by atoms with Crippen LogP contribution in [0.3, 0.4) is 0 Å². The SMILES string of the molecule is O=C(O)C1CCCN1C(=O)N(Br)c1cccc(Cl)c1. The number of benzene rings is 1. The number of rotatable bonds is 2. The standard InChI is InChI=1S/C12H12BrClN2O3/c13-16(9-4-1-3-8(14)7-9)12(19)15-6-2-5-10(15)11(17)18/h1,3-4,7,10H,2,5-6H2,(H,17,18). The second-order valence-electron chi connectivity index (χ2n) is 4.23. The van der Waals surface area contributed by atoms with Crippen molar-refractivity contribution in [2.75, 3.05) is 10.5 Å². The van der Waals surface area contributed by atoms with E-state index in [0.29, 0.717) is 30.1 Å². The van der Waals surface area contributed by atoms with Crippen LogP contribution in [0.25, 0.3) is 0 Å². The summed E-state index contributed by atoms with van der Waals surface area (Å²) in [5, 5.41) is 9.59. The quantitative estimate of drug-likeness (QED) is 0.836. The van der Waals surface area contributed by atoms with E-state index >= 15 is 0 Å². The van der Waals surface area contributed by atoms with Crippen LogP contribution in [0.5, 0.6) is 0 Å². The highest BCUT2D eigenvalue weighted by Gasteiger charge is 2.36. The predicted molar refractivity (Wildman–Crippen MR) is 75.6 cm³/mol. The molecule has 2 amide bonds. The van der Waals surface area contributed by atoms with Crippen LogP contribution in [-0.4, -0.2) is 34.6 Å². The molecule has 1 saturated heterocycles. The Balaban J connectivity index is 2.17. The number of anilines is 1. The maximum absolute atomic E-state index is 12.3. The lowest BCUT2D eigenvalue weighted by molar-refractivity contribution is -0.141. The summed E-state index contributed by atoms with van der Waals surface area (Å²) in [5.41, 5.74) is 0.563. The van der Waals surface area contributed by atoms with Crippen molar-refractivity contribution in [3.05, 3.63) is 29.3 Å². The molecule has 1 unspecified atom stereocenters. The van der Waals surface area contributed by atoms with Crippen molar-refractivity contribution in [3.8, 4) is 0 Å². The summed E-state index contributed by atoms with van der Waals surface area (Å²) in [6.45, 7) is 0.443. The normalized spacial score (nSPS) is 18.4. The van der Waals surface area contributed by atoms with E-state index in [2.05, 4.69) is 16.1 Å². The number of aliphatic carboxylic acids is 1. The summed E-state index contributed by atoms with van der Waals surface area (Å²) in [6.07, 6.45) is 1.18. The number of carboxylic acid groups (broad SMARTS) is 1. The molecule has 1 aromatic rings. The summed E-state index contributed by atoms with van der Waals surface area (Å²) in [6, 6.07) is 5.60. The van der Waals surface area contributed by atoms with Gasteiger partial charge in [0.2, 0.25) is 0 Å². The molecule has 5 nitrogen and oxygen atoms in total. The van der Waals surface area contributed by atoms with Crippen LogP contribution in [0.15, 0.2) is 24.3 Å². The van der Waals surface area contributed by atoms with Gasteiger partial charge in [-0.15, -0.1) is 0 Å². The Hall–Kier alpha value is -1.27. The molecule has 0 aromatic heterocycles. The lowest BCUT2D eigenvalue weighted by atomic mass is 10.2. The lowest BCUT2D eigenvalue weighted by Gasteiger charge is -2.26. The van der Waals surface area contributed by atoms with Crippen LogP contribution in [0.1, 0.15) is 12.8 Å². The molecule has 0 spiro atoms. The smallest absolute Gasteiger partial charge is 0.335 e. The zero-order chi connectivity index (χ0) is 14.0. The van der Waals surface area contributed by atoms with Crippen LogP contribution >= 0.6 is 27.7 Å². The lowest BCUT2D eigenvalue weighted by Crippen LogP contribution is -2.45. The molecule has 1 aromatic carbocycles. The fourth-order valence-electron chi connectivity index (χ4n) is 2.07. The van der Waals surface area contributed by atoms with E-state index in [1.54, 1.807) is 24.3 Å². The number of hydrogen-bond donors (Lipinski definition) is 1. The molecular formula is C12H12BrClN2O3. The number of urea groups is 1. The Kier molecular flexibility index (Phi) is 4.31. The molecule has 1 atom stereocenters. The molecule has 2 rings (SSSR count). The maximum Gasteiger partial charge on any atom is 0.335 e. The van der Waals surface area contributed by atoms with Gasteiger partial charge in [-0.05, 0) is 31.0 Å². The largest absolute Gasteiger partial charge is 0.480 e. The number of hydrogen-bond acceptors (Lipinski definition) is 2. The first-order valence-electron chi connectivity index (χ1n) is 5.75. The molecule has 1 N–H and O–H groups in total. The Labute approximate surface area is 124 Å². The van der Waals surface area contributed by atoms with Crippen LogP contribution in [-0.2, 0) is 4.79 Å². The van der Waals surface area contributed by atoms with E-state index in [-0.39, 0.29) is 0 Å². The third-order valence-electron chi connectivity index (χ3n) is 2.99. The van der Waals surface area contributed by atoms with Gasteiger partial charge in [0.25, 0.3) is 0 Å². The minimum absolute atomic E-state index is 0.396. The van der Waals surface area contributed by atoms with Gasteiger partial charge in [0.05, 0.1) is 21.8 Å². The summed E-state index contributed by atoms with van der Waals surface area (Å²) < 4.78 is 1.24. The van der Waals surface area contributed by atoms with Crippen molar-refractivity contribution in [3.63, 3.8) is 0 Å². The Bertz CT molecular complexity index is 512.